The van der Waals surface area contributed by atoms with Crippen LogP contribution in [0.15, 0.2) is 18.3 Å². The lowest BCUT2D eigenvalue weighted by molar-refractivity contribution is -0.184. The molecule has 0 unspecified atom stereocenters. The summed E-state index contributed by atoms with van der Waals surface area (Å²) in [6.07, 6.45) is 3.51. The average molecular weight is 423 g/mol. The molecule has 2 aliphatic rings. The first-order chi connectivity index (χ1) is 14.5. The van der Waals surface area contributed by atoms with Gasteiger partial charge in [-0.05, 0) is 25.0 Å². The highest BCUT2D eigenvalue weighted by atomic mass is 35.5. The molecule has 2 aromatic heterocycles. The van der Waals surface area contributed by atoms with E-state index >= 15 is 0 Å². The van der Waals surface area contributed by atoms with Crippen molar-refractivity contribution in [2.45, 2.75) is 24.5 Å². The van der Waals surface area contributed by atoms with E-state index in [-0.39, 0.29) is 30.0 Å². The fourth-order valence-electron chi connectivity index (χ4n) is 3.21. The second-order valence-corrected chi connectivity index (χ2v) is 7.69. The summed E-state index contributed by atoms with van der Waals surface area (Å²) in [5.74, 6) is 0.921. The van der Waals surface area contributed by atoms with Gasteiger partial charge in [-0.2, -0.15) is 10.2 Å². The Hall–Kier alpha value is -3.44. The third-order valence-electron chi connectivity index (χ3n) is 5.01. The van der Waals surface area contributed by atoms with E-state index < -0.39 is 5.60 Å². The molecule has 2 fully saturated rings. The molecule has 5 rings (SSSR count). The molecule has 150 valence electrons. The molecule has 1 aliphatic heterocycles. The molecule has 11 heteroatoms. The third kappa shape index (κ3) is 3.08. The first kappa shape index (κ1) is 18.6. The van der Waals surface area contributed by atoms with Crippen molar-refractivity contribution in [1.29, 1.82) is 5.26 Å². The van der Waals surface area contributed by atoms with Gasteiger partial charge < -0.3 is 25.3 Å². The molecule has 1 aromatic carbocycles. The molecule has 1 saturated heterocycles. The Morgan fingerprint density at radius 1 is 1.40 bits per heavy atom. The number of nitriles is 1. The number of imidazole rings is 1. The fraction of sp³-hybridized carbons (Fsp3) is 0.316. The van der Waals surface area contributed by atoms with Crippen molar-refractivity contribution in [1.82, 2.24) is 19.6 Å². The van der Waals surface area contributed by atoms with Gasteiger partial charge in [-0.15, -0.1) is 4.52 Å². The summed E-state index contributed by atoms with van der Waals surface area (Å²) in [6.45, 7) is 7.54. The molecule has 0 radical (unpaired) electrons. The van der Waals surface area contributed by atoms with Crippen LogP contribution in [0.5, 0.6) is 0 Å². The van der Waals surface area contributed by atoms with E-state index in [0.717, 1.165) is 12.8 Å². The number of halogens is 1. The Bertz CT molecular complexity index is 1250. The minimum Gasteiger partial charge on any atom is -0.380 e. The van der Waals surface area contributed by atoms with E-state index in [9.17, 15) is 10.4 Å². The Morgan fingerprint density at radius 3 is 2.83 bits per heavy atom. The zero-order chi connectivity index (χ0) is 20.9. The van der Waals surface area contributed by atoms with Crippen molar-refractivity contribution in [2.75, 3.05) is 23.8 Å². The Morgan fingerprint density at radius 2 is 2.20 bits per heavy atom. The number of nitrogens with zero attached hydrogens (tertiary/aromatic N) is 6. The number of rotatable bonds is 5. The van der Waals surface area contributed by atoms with Crippen LogP contribution in [0.25, 0.3) is 10.5 Å². The zero-order valence-corrected chi connectivity index (χ0v) is 16.3. The van der Waals surface area contributed by atoms with Crippen molar-refractivity contribution < 1.29 is 9.84 Å². The fourth-order valence-corrected chi connectivity index (χ4v) is 3.54. The van der Waals surface area contributed by atoms with E-state index in [2.05, 4.69) is 36.6 Å². The SMILES string of the molecule is [C-]#[N+]c1cnc2c(NC3CC3)nc(Nc3cc(C#N)cc(C4(O)COC4)c3Cl)nn12. The maximum atomic E-state index is 10.7. The lowest BCUT2D eigenvalue weighted by Crippen LogP contribution is -2.46. The largest absolute Gasteiger partial charge is 0.380 e. The van der Waals surface area contributed by atoms with Crippen LogP contribution in [0.3, 0.4) is 0 Å². The van der Waals surface area contributed by atoms with Gasteiger partial charge in [0.2, 0.25) is 0 Å². The molecule has 3 N–H and O–H groups in total. The molecule has 0 amide bonds. The number of aromatic nitrogens is 4. The summed E-state index contributed by atoms with van der Waals surface area (Å²) < 4.78 is 6.53. The van der Waals surface area contributed by atoms with Crippen molar-refractivity contribution in [3.63, 3.8) is 0 Å². The zero-order valence-electron chi connectivity index (χ0n) is 15.6. The first-order valence-corrected chi connectivity index (χ1v) is 9.59. The van der Waals surface area contributed by atoms with Crippen LogP contribution in [0, 0.1) is 17.9 Å². The molecular formula is C19H15ClN8O2. The smallest absolute Gasteiger partial charge is 0.275 e. The minimum absolute atomic E-state index is 0.0996. The maximum Gasteiger partial charge on any atom is 0.275 e. The monoisotopic (exact) mass is 422 g/mol. The average Bonchev–Trinajstić information content (AvgIpc) is 3.44. The third-order valence-corrected chi connectivity index (χ3v) is 5.42. The molecule has 10 nitrogen and oxygen atoms in total. The Labute approximate surface area is 175 Å². The highest BCUT2D eigenvalue weighted by Gasteiger charge is 2.40. The summed E-state index contributed by atoms with van der Waals surface area (Å²) in [5.41, 5.74) is 0.299. The number of hydrogen-bond acceptors (Lipinski definition) is 8. The Kier molecular flexibility index (Phi) is 4.22. The molecule has 0 spiro atoms. The van der Waals surface area contributed by atoms with Gasteiger partial charge in [0.15, 0.2) is 5.82 Å². The van der Waals surface area contributed by atoms with Crippen molar-refractivity contribution in [3.05, 3.63) is 45.9 Å². The van der Waals surface area contributed by atoms with E-state index in [1.54, 1.807) is 12.1 Å². The van der Waals surface area contributed by atoms with Gasteiger partial charge in [0.1, 0.15) is 5.60 Å². The number of hydrogen-bond donors (Lipinski definition) is 3. The number of fused-ring (bicyclic) bond motifs is 1. The Balaban J connectivity index is 1.59. The van der Waals surface area contributed by atoms with E-state index in [4.69, 9.17) is 22.9 Å². The number of benzene rings is 1. The van der Waals surface area contributed by atoms with E-state index in [1.165, 1.54) is 10.7 Å². The van der Waals surface area contributed by atoms with Gasteiger partial charge in [0, 0.05) is 11.6 Å². The van der Waals surface area contributed by atoms with Crippen LogP contribution in [0.1, 0.15) is 24.0 Å². The summed E-state index contributed by atoms with van der Waals surface area (Å²) in [7, 11) is 0. The number of aliphatic hydroxyl groups is 1. The van der Waals surface area contributed by atoms with Crippen LogP contribution in [0.2, 0.25) is 5.02 Å². The second kappa shape index (κ2) is 6.82. The summed E-state index contributed by atoms with van der Waals surface area (Å²) >= 11 is 6.55. The molecule has 1 saturated carbocycles. The van der Waals surface area contributed by atoms with Crippen LogP contribution < -0.4 is 10.6 Å². The molecule has 1 aliphatic carbocycles. The van der Waals surface area contributed by atoms with Gasteiger partial charge in [-0.1, -0.05) is 23.3 Å². The van der Waals surface area contributed by atoms with Gasteiger partial charge in [-0.25, -0.2) is 4.98 Å². The normalized spacial score (nSPS) is 17.1. The highest BCUT2D eigenvalue weighted by molar-refractivity contribution is 6.34. The predicted molar refractivity (Wildman–Crippen MR) is 108 cm³/mol. The lowest BCUT2D eigenvalue weighted by atomic mass is 9.90. The first-order valence-electron chi connectivity index (χ1n) is 9.22. The maximum absolute atomic E-state index is 10.7. The van der Waals surface area contributed by atoms with Crippen LogP contribution in [-0.4, -0.2) is 43.9 Å². The summed E-state index contributed by atoms with van der Waals surface area (Å²) in [5, 5.41) is 31.0. The van der Waals surface area contributed by atoms with Gasteiger partial charge in [0.05, 0.1) is 41.8 Å². The summed E-state index contributed by atoms with van der Waals surface area (Å²) in [6, 6.07) is 5.49. The molecule has 30 heavy (non-hydrogen) atoms. The molecule has 0 bridgehead atoms. The quantitative estimate of drug-likeness (QED) is 0.536. The van der Waals surface area contributed by atoms with Crippen LogP contribution in [0.4, 0.5) is 23.3 Å². The number of ether oxygens (including phenoxy) is 1. The van der Waals surface area contributed by atoms with Crippen molar-refractivity contribution in [2.24, 2.45) is 0 Å². The predicted octanol–water partition coefficient (Wildman–Crippen LogP) is 2.74. The number of anilines is 3. The van der Waals surface area contributed by atoms with Crippen LogP contribution >= 0.6 is 11.6 Å². The number of nitrogens with one attached hydrogen (secondary N) is 2. The van der Waals surface area contributed by atoms with E-state index in [1.807, 2.05) is 0 Å². The van der Waals surface area contributed by atoms with Gasteiger partial charge >= 0.3 is 0 Å². The van der Waals surface area contributed by atoms with Crippen molar-refractivity contribution >= 4 is 40.5 Å². The topological polar surface area (TPSA) is 125 Å². The lowest BCUT2D eigenvalue weighted by Gasteiger charge is -2.37. The molecule has 0 atom stereocenters. The van der Waals surface area contributed by atoms with E-state index in [0.29, 0.717) is 34.3 Å². The molecule has 3 aromatic rings. The van der Waals surface area contributed by atoms with Gasteiger partial charge in [-0.3, -0.25) is 0 Å². The highest BCUT2D eigenvalue weighted by Crippen LogP contribution is 2.39. The van der Waals surface area contributed by atoms with Gasteiger partial charge in [0.25, 0.3) is 17.4 Å². The van der Waals surface area contributed by atoms with Crippen LogP contribution in [-0.2, 0) is 10.3 Å². The minimum atomic E-state index is -1.24. The molecule has 3 heterocycles. The molecular weight excluding hydrogens is 408 g/mol. The standard InChI is InChI=1S/C19H15ClN8O2/c1-22-14-7-23-17-16(24-11-2-3-11)26-18(27-28(14)17)25-13-5-10(6-21)4-12(15(13)20)19(29)8-30-9-19/h4-5,7,11,29H,2-3,8-9H2,(H2,24,25,26,27). The van der Waals surface area contributed by atoms with Crippen molar-refractivity contribution in [3.8, 4) is 6.07 Å². The second-order valence-electron chi connectivity index (χ2n) is 7.31. The summed E-state index contributed by atoms with van der Waals surface area (Å²) in [4.78, 5) is 12.2.